The third-order valence-electron chi connectivity index (χ3n) is 3.69. The van der Waals surface area contributed by atoms with Gasteiger partial charge in [0.15, 0.2) is 0 Å². The van der Waals surface area contributed by atoms with Gasteiger partial charge in [-0.1, -0.05) is 0 Å². The average molecular weight is 309 g/mol. The van der Waals surface area contributed by atoms with Crippen molar-refractivity contribution < 1.29 is 9.47 Å². The second-order valence-corrected chi connectivity index (χ2v) is 5.21. The minimum Gasteiger partial charge on any atom is -0.497 e. The summed E-state index contributed by atoms with van der Waals surface area (Å²) in [7, 11) is 1.68. The Balaban J connectivity index is 0.00000161. The molecule has 1 saturated heterocycles. The summed E-state index contributed by atoms with van der Waals surface area (Å²) in [6, 6.07) is 7.93. The van der Waals surface area contributed by atoms with Gasteiger partial charge in [0.05, 0.1) is 12.6 Å². The quantitative estimate of drug-likeness (QED) is 0.946. The molecule has 0 atom stereocenters. The molecule has 1 aliphatic rings. The lowest BCUT2D eigenvalue weighted by molar-refractivity contribution is 0.164. The number of pyridine rings is 1. The van der Waals surface area contributed by atoms with Gasteiger partial charge in [-0.25, -0.2) is 0 Å². The first kappa shape index (κ1) is 15.9. The zero-order chi connectivity index (χ0) is 13.9. The van der Waals surface area contributed by atoms with Crippen LogP contribution < -0.4 is 14.8 Å². The van der Waals surface area contributed by atoms with E-state index in [0.717, 1.165) is 54.0 Å². The molecule has 0 saturated carbocycles. The van der Waals surface area contributed by atoms with Crippen molar-refractivity contribution in [3.63, 3.8) is 0 Å². The zero-order valence-electron chi connectivity index (χ0n) is 12.4. The summed E-state index contributed by atoms with van der Waals surface area (Å²) in [5.74, 6) is 1.75. The fourth-order valence-corrected chi connectivity index (χ4v) is 2.62. The van der Waals surface area contributed by atoms with Crippen LogP contribution in [0.15, 0.2) is 24.3 Å². The Morgan fingerprint density at radius 3 is 2.67 bits per heavy atom. The molecule has 1 N–H and O–H groups in total. The highest BCUT2D eigenvalue weighted by molar-refractivity contribution is 5.86. The molecule has 1 fully saturated rings. The molecule has 0 radical (unpaired) electrons. The number of halogens is 1. The molecule has 114 valence electrons. The molecule has 2 heterocycles. The number of hydrogen-bond acceptors (Lipinski definition) is 4. The van der Waals surface area contributed by atoms with Crippen LogP contribution in [-0.4, -0.2) is 31.3 Å². The average Bonchev–Trinajstić information content (AvgIpc) is 2.48. The highest BCUT2D eigenvalue weighted by atomic mass is 35.5. The fourth-order valence-electron chi connectivity index (χ4n) is 2.62. The first-order valence-electron chi connectivity index (χ1n) is 7.09. The van der Waals surface area contributed by atoms with Crippen LogP contribution in [0.3, 0.4) is 0 Å². The monoisotopic (exact) mass is 308 g/mol. The van der Waals surface area contributed by atoms with Crippen LogP contribution in [0.5, 0.6) is 11.5 Å². The van der Waals surface area contributed by atoms with Crippen molar-refractivity contribution >= 4 is 23.3 Å². The minimum atomic E-state index is 0. The first-order chi connectivity index (χ1) is 9.76. The molecule has 0 amide bonds. The van der Waals surface area contributed by atoms with Crippen molar-refractivity contribution in [2.24, 2.45) is 0 Å². The van der Waals surface area contributed by atoms with Gasteiger partial charge in [-0.3, -0.25) is 4.98 Å². The van der Waals surface area contributed by atoms with Gasteiger partial charge in [-0.15, -0.1) is 12.4 Å². The van der Waals surface area contributed by atoms with Gasteiger partial charge in [0, 0.05) is 17.1 Å². The number of aromatic nitrogens is 1. The van der Waals surface area contributed by atoms with E-state index in [9.17, 15) is 0 Å². The lowest BCUT2D eigenvalue weighted by Crippen LogP contribution is -2.34. The molecule has 0 spiro atoms. The van der Waals surface area contributed by atoms with E-state index in [1.54, 1.807) is 7.11 Å². The second kappa shape index (κ2) is 6.96. The molecule has 1 aromatic heterocycles. The largest absolute Gasteiger partial charge is 0.497 e. The summed E-state index contributed by atoms with van der Waals surface area (Å²) in [4.78, 5) is 4.56. The molecule has 0 unspecified atom stereocenters. The Kier molecular flexibility index (Phi) is 5.26. The Morgan fingerprint density at radius 1 is 1.19 bits per heavy atom. The number of benzene rings is 1. The summed E-state index contributed by atoms with van der Waals surface area (Å²) in [5.41, 5.74) is 1.93. The van der Waals surface area contributed by atoms with Crippen molar-refractivity contribution in [1.82, 2.24) is 10.3 Å². The Hall–Kier alpha value is -1.52. The number of nitrogens with one attached hydrogen (secondary N) is 1. The van der Waals surface area contributed by atoms with Gasteiger partial charge < -0.3 is 14.8 Å². The van der Waals surface area contributed by atoms with Gasteiger partial charge in [0.25, 0.3) is 0 Å². The summed E-state index contributed by atoms with van der Waals surface area (Å²) in [5, 5.41) is 4.38. The Labute approximate surface area is 131 Å². The molecule has 21 heavy (non-hydrogen) atoms. The van der Waals surface area contributed by atoms with E-state index in [4.69, 9.17) is 9.47 Å². The molecular formula is C16H21ClN2O2. The summed E-state index contributed by atoms with van der Waals surface area (Å²) in [6.07, 6.45) is 2.38. The number of methoxy groups -OCH3 is 1. The molecular weight excluding hydrogens is 288 g/mol. The van der Waals surface area contributed by atoms with E-state index in [0.29, 0.717) is 0 Å². The summed E-state index contributed by atoms with van der Waals surface area (Å²) >= 11 is 0. The molecule has 3 rings (SSSR count). The number of hydrogen-bond donors (Lipinski definition) is 1. The van der Waals surface area contributed by atoms with E-state index in [2.05, 4.69) is 10.3 Å². The molecule has 1 aliphatic heterocycles. The number of piperidine rings is 1. The maximum absolute atomic E-state index is 6.21. The van der Waals surface area contributed by atoms with E-state index < -0.39 is 0 Å². The fraction of sp³-hybridized carbons (Fsp3) is 0.438. The zero-order valence-corrected chi connectivity index (χ0v) is 13.2. The highest BCUT2D eigenvalue weighted by Gasteiger charge is 2.16. The number of rotatable bonds is 3. The number of ether oxygens (including phenoxy) is 2. The topological polar surface area (TPSA) is 43.4 Å². The van der Waals surface area contributed by atoms with E-state index in [1.165, 1.54) is 0 Å². The lowest BCUT2D eigenvalue weighted by Gasteiger charge is -2.24. The SMILES string of the molecule is COc1ccc2nc(C)cc(OC3CCNCC3)c2c1.Cl. The van der Waals surface area contributed by atoms with Crippen molar-refractivity contribution in [3.8, 4) is 11.5 Å². The van der Waals surface area contributed by atoms with E-state index in [1.807, 2.05) is 31.2 Å². The second-order valence-electron chi connectivity index (χ2n) is 5.21. The van der Waals surface area contributed by atoms with Crippen molar-refractivity contribution in [3.05, 3.63) is 30.0 Å². The van der Waals surface area contributed by atoms with Crippen LogP contribution in [0.1, 0.15) is 18.5 Å². The van der Waals surface area contributed by atoms with Crippen LogP contribution in [0.25, 0.3) is 10.9 Å². The minimum absolute atomic E-state index is 0. The third-order valence-corrected chi connectivity index (χ3v) is 3.69. The van der Waals surface area contributed by atoms with Crippen LogP contribution >= 0.6 is 12.4 Å². The molecule has 5 heteroatoms. The summed E-state index contributed by atoms with van der Waals surface area (Å²) < 4.78 is 11.5. The predicted molar refractivity (Wildman–Crippen MR) is 86.8 cm³/mol. The van der Waals surface area contributed by atoms with E-state index >= 15 is 0 Å². The lowest BCUT2D eigenvalue weighted by atomic mass is 10.1. The van der Waals surface area contributed by atoms with Crippen molar-refractivity contribution in [1.29, 1.82) is 0 Å². The van der Waals surface area contributed by atoms with Crippen LogP contribution in [0.4, 0.5) is 0 Å². The molecule has 0 bridgehead atoms. The summed E-state index contributed by atoms with van der Waals surface area (Å²) in [6.45, 7) is 4.05. The first-order valence-corrected chi connectivity index (χ1v) is 7.09. The number of nitrogens with zero attached hydrogens (tertiary/aromatic N) is 1. The molecule has 1 aromatic carbocycles. The number of fused-ring (bicyclic) bond motifs is 1. The van der Waals surface area contributed by atoms with E-state index in [-0.39, 0.29) is 18.5 Å². The Bertz CT molecular complexity index is 612. The predicted octanol–water partition coefficient (Wildman–Crippen LogP) is 3.10. The standard InChI is InChI=1S/C16H20N2O2.ClH/c1-11-9-16(20-12-5-7-17-8-6-12)14-10-13(19-2)3-4-15(14)18-11;/h3-4,9-10,12,17H,5-8H2,1-2H3;1H. The van der Waals surface area contributed by atoms with Gasteiger partial charge >= 0.3 is 0 Å². The highest BCUT2D eigenvalue weighted by Crippen LogP contribution is 2.30. The Morgan fingerprint density at radius 2 is 1.95 bits per heavy atom. The molecule has 0 aliphatic carbocycles. The third kappa shape index (κ3) is 3.57. The van der Waals surface area contributed by atoms with Gasteiger partial charge in [-0.2, -0.15) is 0 Å². The van der Waals surface area contributed by atoms with Crippen LogP contribution in [-0.2, 0) is 0 Å². The maximum atomic E-state index is 6.21. The van der Waals surface area contributed by atoms with Crippen molar-refractivity contribution in [2.75, 3.05) is 20.2 Å². The van der Waals surface area contributed by atoms with Crippen molar-refractivity contribution in [2.45, 2.75) is 25.9 Å². The number of aryl methyl sites for hydroxylation is 1. The van der Waals surface area contributed by atoms with Crippen LogP contribution in [0, 0.1) is 6.92 Å². The molecule has 2 aromatic rings. The molecule has 4 nitrogen and oxygen atoms in total. The van der Waals surface area contributed by atoms with Gasteiger partial charge in [-0.05, 0) is 51.1 Å². The smallest absolute Gasteiger partial charge is 0.131 e. The van der Waals surface area contributed by atoms with Gasteiger partial charge in [0.2, 0.25) is 0 Å². The van der Waals surface area contributed by atoms with Gasteiger partial charge in [0.1, 0.15) is 17.6 Å². The maximum Gasteiger partial charge on any atom is 0.131 e. The normalized spacial score (nSPS) is 15.5. The van der Waals surface area contributed by atoms with Crippen LogP contribution in [0.2, 0.25) is 0 Å².